The summed E-state index contributed by atoms with van der Waals surface area (Å²) in [5.41, 5.74) is 1.18. The molecule has 1 heterocycles. The van der Waals surface area contributed by atoms with E-state index in [2.05, 4.69) is 54.0 Å². The molecule has 0 saturated heterocycles. The van der Waals surface area contributed by atoms with Crippen molar-refractivity contribution in [3.63, 3.8) is 0 Å². The summed E-state index contributed by atoms with van der Waals surface area (Å²) in [6.07, 6.45) is 2.01. The number of nitrogens with zero attached hydrogens (tertiary/aromatic N) is 2. The van der Waals surface area contributed by atoms with Crippen LogP contribution in [-0.2, 0) is 11.3 Å². The molecule has 1 rings (SSSR count). The second kappa shape index (κ2) is 8.02. The van der Waals surface area contributed by atoms with Crippen LogP contribution in [0.15, 0.2) is 10.7 Å². The fraction of sp³-hybridized carbons (Fsp3) is 0.786. The first-order valence-electron chi connectivity index (χ1n) is 7.12. The summed E-state index contributed by atoms with van der Waals surface area (Å²) in [6.45, 7) is 13.2. The van der Waals surface area contributed by atoms with Gasteiger partial charge in [-0.15, -0.1) is 0 Å². The number of rotatable bonds is 8. The minimum absolute atomic E-state index is 0.142. The van der Waals surface area contributed by atoms with Gasteiger partial charge in [-0.25, -0.2) is 0 Å². The van der Waals surface area contributed by atoms with Crippen LogP contribution in [0.1, 0.15) is 46.4 Å². The number of halogens is 1. The van der Waals surface area contributed by atoms with E-state index in [-0.39, 0.29) is 12.1 Å². The summed E-state index contributed by atoms with van der Waals surface area (Å²) in [5, 5.41) is 7.96. The molecule has 1 aromatic rings. The van der Waals surface area contributed by atoms with Crippen LogP contribution in [0.25, 0.3) is 0 Å². The molecule has 2 atom stereocenters. The van der Waals surface area contributed by atoms with Crippen molar-refractivity contribution in [1.29, 1.82) is 0 Å². The van der Waals surface area contributed by atoms with Gasteiger partial charge in [-0.1, -0.05) is 20.8 Å². The minimum atomic E-state index is 0.142. The summed E-state index contributed by atoms with van der Waals surface area (Å²) in [5.74, 6) is 0.441. The molecule has 19 heavy (non-hydrogen) atoms. The molecule has 2 unspecified atom stereocenters. The molecule has 0 radical (unpaired) electrons. The Kier molecular flexibility index (Phi) is 7.04. The molecule has 0 bridgehead atoms. The van der Waals surface area contributed by atoms with E-state index in [1.807, 2.05) is 17.8 Å². The molecular weight excluding hydrogens is 306 g/mol. The van der Waals surface area contributed by atoms with Crippen LogP contribution in [0.4, 0.5) is 0 Å². The third-order valence-electron chi connectivity index (χ3n) is 3.20. The highest BCUT2D eigenvalue weighted by atomic mass is 79.9. The monoisotopic (exact) mass is 331 g/mol. The number of ether oxygens (including phenoxy) is 1. The predicted octanol–water partition coefficient (Wildman–Crippen LogP) is 3.38. The van der Waals surface area contributed by atoms with Crippen molar-refractivity contribution in [2.24, 2.45) is 5.92 Å². The summed E-state index contributed by atoms with van der Waals surface area (Å²) in [6, 6.07) is 0.154. The summed E-state index contributed by atoms with van der Waals surface area (Å²) in [4.78, 5) is 0. The van der Waals surface area contributed by atoms with Gasteiger partial charge in [0.1, 0.15) is 0 Å². The minimum Gasteiger partial charge on any atom is -0.376 e. The molecule has 1 N–H and O–H groups in total. The van der Waals surface area contributed by atoms with Crippen molar-refractivity contribution in [3.05, 3.63) is 16.4 Å². The lowest BCUT2D eigenvalue weighted by atomic mass is 9.96. The molecule has 0 aromatic carbocycles. The zero-order valence-electron chi connectivity index (χ0n) is 12.6. The van der Waals surface area contributed by atoms with Gasteiger partial charge in [0.2, 0.25) is 0 Å². The van der Waals surface area contributed by atoms with Gasteiger partial charge in [0.15, 0.2) is 0 Å². The van der Waals surface area contributed by atoms with Crippen LogP contribution in [-0.4, -0.2) is 29.0 Å². The predicted molar refractivity (Wildman–Crippen MR) is 82.3 cm³/mol. The quantitative estimate of drug-likeness (QED) is 0.793. The Hall–Kier alpha value is -0.390. The number of likely N-dealkylation sites (N-methyl/N-ethyl adjacent to an activating group) is 1. The molecule has 0 fully saturated rings. The molecule has 110 valence electrons. The maximum atomic E-state index is 5.97. The first kappa shape index (κ1) is 16.7. The van der Waals surface area contributed by atoms with E-state index in [9.17, 15) is 0 Å². The molecule has 0 aliphatic rings. The molecule has 5 heteroatoms. The van der Waals surface area contributed by atoms with E-state index in [4.69, 9.17) is 4.74 Å². The zero-order chi connectivity index (χ0) is 14.4. The normalized spacial score (nSPS) is 14.9. The van der Waals surface area contributed by atoms with Crippen molar-refractivity contribution in [1.82, 2.24) is 15.1 Å². The van der Waals surface area contributed by atoms with Crippen molar-refractivity contribution in [2.75, 3.05) is 13.2 Å². The highest BCUT2D eigenvalue weighted by molar-refractivity contribution is 9.10. The molecule has 0 aliphatic heterocycles. The van der Waals surface area contributed by atoms with E-state index in [0.29, 0.717) is 5.92 Å². The van der Waals surface area contributed by atoms with Gasteiger partial charge < -0.3 is 10.1 Å². The largest absolute Gasteiger partial charge is 0.376 e. The third-order valence-corrected chi connectivity index (χ3v) is 3.81. The number of aryl methyl sites for hydroxylation is 1. The lowest BCUT2D eigenvalue weighted by molar-refractivity contribution is 0.000959. The van der Waals surface area contributed by atoms with Crippen LogP contribution in [0.2, 0.25) is 0 Å². The Morgan fingerprint density at radius 3 is 2.53 bits per heavy atom. The smallest absolute Gasteiger partial charge is 0.0808 e. The van der Waals surface area contributed by atoms with E-state index < -0.39 is 0 Å². The number of nitrogens with one attached hydrogen (secondary N) is 1. The summed E-state index contributed by atoms with van der Waals surface area (Å²) in [7, 11) is 0. The molecule has 0 spiro atoms. The SMILES string of the molecule is CCNC(c1c(Br)cnn1CC)C(OCC)C(C)C. The second-order valence-electron chi connectivity index (χ2n) is 4.89. The number of hydrogen-bond donors (Lipinski definition) is 1. The first-order valence-corrected chi connectivity index (χ1v) is 7.92. The Morgan fingerprint density at radius 1 is 1.37 bits per heavy atom. The van der Waals surface area contributed by atoms with Crippen molar-refractivity contribution in [2.45, 2.75) is 53.3 Å². The van der Waals surface area contributed by atoms with E-state index >= 15 is 0 Å². The molecule has 4 nitrogen and oxygen atoms in total. The highest BCUT2D eigenvalue weighted by Crippen LogP contribution is 2.30. The van der Waals surface area contributed by atoms with Gasteiger partial charge in [0.05, 0.1) is 28.5 Å². The van der Waals surface area contributed by atoms with Crippen molar-refractivity contribution < 1.29 is 4.74 Å². The fourth-order valence-corrected chi connectivity index (χ4v) is 2.93. The molecule has 1 aromatic heterocycles. The van der Waals surface area contributed by atoms with Crippen LogP contribution in [0.3, 0.4) is 0 Å². The van der Waals surface area contributed by atoms with Crippen molar-refractivity contribution in [3.8, 4) is 0 Å². The van der Waals surface area contributed by atoms with E-state index in [1.54, 1.807) is 0 Å². The molecular formula is C14H26BrN3O. The Balaban J connectivity index is 3.13. The maximum Gasteiger partial charge on any atom is 0.0808 e. The van der Waals surface area contributed by atoms with Crippen LogP contribution in [0, 0.1) is 5.92 Å². The molecule has 0 aliphatic carbocycles. The van der Waals surface area contributed by atoms with Crippen LogP contribution < -0.4 is 5.32 Å². The Labute approximate surface area is 125 Å². The fourth-order valence-electron chi connectivity index (χ4n) is 2.39. The lowest BCUT2D eigenvalue weighted by Crippen LogP contribution is -2.38. The van der Waals surface area contributed by atoms with Gasteiger partial charge in [0, 0.05) is 13.2 Å². The third kappa shape index (κ3) is 4.04. The maximum absolute atomic E-state index is 5.97. The average molecular weight is 332 g/mol. The standard InChI is InChI=1S/C14H26BrN3O/c1-6-16-12(14(10(4)5)19-8-3)13-11(15)9-17-18(13)7-2/h9-10,12,14,16H,6-8H2,1-5H3. The van der Waals surface area contributed by atoms with Gasteiger partial charge in [-0.3, -0.25) is 4.68 Å². The average Bonchev–Trinajstić information content (AvgIpc) is 2.74. The van der Waals surface area contributed by atoms with Gasteiger partial charge in [-0.05, 0) is 42.2 Å². The van der Waals surface area contributed by atoms with Crippen molar-refractivity contribution >= 4 is 15.9 Å². The first-order chi connectivity index (χ1) is 9.06. The van der Waals surface area contributed by atoms with Crippen LogP contribution in [0.5, 0.6) is 0 Å². The van der Waals surface area contributed by atoms with E-state index in [0.717, 1.165) is 24.2 Å². The summed E-state index contributed by atoms with van der Waals surface area (Å²) < 4.78 is 9.05. The Morgan fingerprint density at radius 2 is 2.05 bits per heavy atom. The molecule has 0 saturated carbocycles. The van der Waals surface area contributed by atoms with Gasteiger partial charge in [0.25, 0.3) is 0 Å². The van der Waals surface area contributed by atoms with E-state index in [1.165, 1.54) is 5.69 Å². The topological polar surface area (TPSA) is 39.1 Å². The van der Waals surface area contributed by atoms with Gasteiger partial charge >= 0.3 is 0 Å². The van der Waals surface area contributed by atoms with Crippen LogP contribution >= 0.6 is 15.9 Å². The number of hydrogen-bond acceptors (Lipinski definition) is 3. The highest BCUT2D eigenvalue weighted by Gasteiger charge is 2.30. The lowest BCUT2D eigenvalue weighted by Gasteiger charge is -2.31. The zero-order valence-corrected chi connectivity index (χ0v) is 14.2. The second-order valence-corrected chi connectivity index (χ2v) is 5.75. The molecule has 0 amide bonds. The Bertz CT molecular complexity index is 379. The summed E-state index contributed by atoms with van der Waals surface area (Å²) >= 11 is 3.62. The number of aromatic nitrogens is 2. The van der Waals surface area contributed by atoms with Gasteiger partial charge in [-0.2, -0.15) is 5.10 Å².